The Morgan fingerprint density at radius 3 is 2.71 bits per heavy atom. The van der Waals surface area contributed by atoms with Gasteiger partial charge in [-0.2, -0.15) is 0 Å². The summed E-state index contributed by atoms with van der Waals surface area (Å²) in [5, 5.41) is 3.14. The lowest BCUT2D eigenvalue weighted by atomic mass is 10.1. The summed E-state index contributed by atoms with van der Waals surface area (Å²) in [4.78, 5) is 21.1. The molecule has 0 aliphatic heterocycles. The van der Waals surface area contributed by atoms with Gasteiger partial charge in [-0.15, -0.1) is 11.3 Å². The topological polar surface area (TPSA) is 54.9 Å². The predicted octanol–water partition coefficient (Wildman–Crippen LogP) is 4.11. The lowest BCUT2D eigenvalue weighted by Gasteiger charge is -2.05. The van der Waals surface area contributed by atoms with Crippen molar-refractivity contribution in [3.63, 3.8) is 0 Å². The monoisotopic (exact) mass is 315 g/mol. The molecule has 1 amide bonds. The number of nitrogens with one attached hydrogen (secondary N) is 1. The van der Waals surface area contributed by atoms with E-state index in [-0.39, 0.29) is 5.91 Å². The molecule has 2 aromatic heterocycles. The maximum absolute atomic E-state index is 12.4. The molecule has 0 fully saturated rings. The Morgan fingerprint density at radius 2 is 1.95 bits per heavy atom. The summed E-state index contributed by atoms with van der Waals surface area (Å²) in [5.41, 5.74) is 3.86. The minimum Gasteiger partial charge on any atom is -0.321 e. The number of amides is 1. The molecule has 0 saturated carbocycles. The van der Waals surface area contributed by atoms with Crippen LogP contribution in [-0.4, -0.2) is 15.9 Å². The highest BCUT2D eigenvalue weighted by atomic mass is 35.5. The predicted molar refractivity (Wildman–Crippen MR) is 84.8 cm³/mol. The van der Waals surface area contributed by atoms with E-state index >= 15 is 0 Å². The first-order valence-electron chi connectivity index (χ1n) is 6.16. The SMILES string of the molecule is O=C(Nc1ccnc(Cl)c1)c1scnc1-c1ccccc1. The molecule has 1 aromatic carbocycles. The third-order valence-electron chi connectivity index (χ3n) is 2.81. The van der Waals surface area contributed by atoms with E-state index in [4.69, 9.17) is 11.6 Å². The molecule has 6 heteroatoms. The summed E-state index contributed by atoms with van der Waals surface area (Å²) >= 11 is 7.11. The fourth-order valence-electron chi connectivity index (χ4n) is 1.88. The molecule has 0 aliphatic carbocycles. The maximum atomic E-state index is 12.4. The Morgan fingerprint density at radius 1 is 1.14 bits per heavy atom. The lowest BCUT2D eigenvalue weighted by Crippen LogP contribution is -2.11. The molecule has 0 spiro atoms. The molecule has 104 valence electrons. The zero-order chi connectivity index (χ0) is 14.7. The largest absolute Gasteiger partial charge is 0.321 e. The van der Waals surface area contributed by atoms with E-state index in [9.17, 15) is 4.79 Å². The number of benzene rings is 1. The minimum atomic E-state index is -0.210. The van der Waals surface area contributed by atoms with Gasteiger partial charge in [0.2, 0.25) is 0 Å². The van der Waals surface area contributed by atoms with Gasteiger partial charge in [-0.05, 0) is 12.1 Å². The van der Waals surface area contributed by atoms with Gasteiger partial charge in [0.1, 0.15) is 10.0 Å². The highest BCUT2D eigenvalue weighted by Crippen LogP contribution is 2.26. The van der Waals surface area contributed by atoms with Crippen molar-refractivity contribution in [3.8, 4) is 11.3 Å². The summed E-state index contributed by atoms with van der Waals surface area (Å²) < 4.78 is 0. The highest BCUT2D eigenvalue weighted by Gasteiger charge is 2.16. The van der Waals surface area contributed by atoms with Crippen LogP contribution in [0, 0.1) is 0 Å². The van der Waals surface area contributed by atoms with Crippen LogP contribution in [0.4, 0.5) is 5.69 Å². The molecule has 3 aromatic rings. The minimum absolute atomic E-state index is 0.210. The molecular formula is C15H10ClN3OS. The summed E-state index contributed by atoms with van der Waals surface area (Å²) in [6.07, 6.45) is 1.54. The van der Waals surface area contributed by atoms with E-state index in [1.54, 1.807) is 23.8 Å². The van der Waals surface area contributed by atoms with Crippen LogP contribution in [0.2, 0.25) is 5.15 Å². The van der Waals surface area contributed by atoms with Crippen molar-refractivity contribution >= 4 is 34.5 Å². The fourth-order valence-corrected chi connectivity index (χ4v) is 2.75. The summed E-state index contributed by atoms with van der Waals surface area (Å²) in [5.74, 6) is -0.210. The zero-order valence-corrected chi connectivity index (χ0v) is 12.4. The van der Waals surface area contributed by atoms with Crippen LogP contribution < -0.4 is 5.32 Å². The van der Waals surface area contributed by atoms with E-state index in [2.05, 4.69) is 15.3 Å². The Labute approximate surface area is 130 Å². The van der Waals surface area contributed by atoms with Gasteiger partial charge in [0.25, 0.3) is 5.91 Å². The molecule has 21 heavy (non-hydrogen) atoms. The van der Waals surface area contributed by atoms with E-state index < -0.39 is 0 Å². The number of rotatable bonds is 3. The molecule has 0 unspecified atom stereocenters. The second kappa shape index (κ2) is 6.03. The van der Waals surface area contributed by atoms with Crippen LogP contribution in [0.3, 0.4) is 0 Å². The van der Waals surface area contributed by atoms with Gasteiger partial charge < -0.3 is 5.32 Å². The number of pyridine rings is 1. The quantitative estimate of drug-likeness (QED) is 0.740. The summed E-state index contributed by atoms with van der Waals surface area (Å²) in [6, 6.07) is 12.9. The van der Waals surface area contributed by atoms with Crippen LogP contribution in [0.25, 0.3) is 11.3 Å². The van der Waals surface area contributed by atoms with Crippen molar-refractivity contribution in [2.24, 2.45) is 0 Å². The van der Waals surface area contributed by atoms with Gasteiger partial charge >= 0.3 is 0 Å². The van der Waals surface area contributed by atoms with Gasteiger partial charge in [0.15, 0.2) is 0 Å². The molecule has 4 nitrogen and oxygen atoms in total. The molecule has 0 atom stereocenters. The van der Waals surface area contributed by atoms with Gasteiger partial charge in [0.05, 0.1) is 11.2 Å². The van der Waals surface area contributed by atoms with Crippen LogP contribution in [-0.2, 0) is 0 Å². The number of carbonyl (C=O) groups is 1. The Bertz CT molecular complexity index is 773. The number of anilines is 1. The van der Waals surface area contributed by atoms with Crippen LogP contribution >= 0.6 is 22.9 Å². The summed E-state index contributed by atoms with van der Waals surface area (Å²) in [7, 11) is 0. The number of halogens is 1. The first-order valence-corrected chi connectivity index (χ1v) is 7.41. The van der Waals surface area contributed by atoms with Crippen molar-refractivity contribution in [3.05, 3.63) is 64.2 Å². The molecule has 3 rings (SSSR count). The number of nitrogens with zero attached hydrogens (tertiary/aromatic N) is 2. The Balaban J connectivity index is 1.88. The second-order valence-corrected chi connectivity index (χ2v) is 5.46. The first-order chi connectivity index (χ1) is 10.2. The zero-order valence-electron chi connectivity index (χ0n) is 10.8. The average Bonchev–Trinajstić information content (AvgIpc) is 2.98. The van der Waals surface area contributed by atoms with E-state index in [0.717, 1.165) is 5.56 Å². The molecule has 0 bridgehead atoms. The van der Waals surface area contributed by atoms with Gasteiger partial charge in [-0.3, -0.25) is 4.79 Å². The lowest BCUT2D eigenvalue weighted by molar-refractivity contribution is 0.103. The number of hydrogen-bond acceptors (Lipinski definition) is 4. The molecule has 0 radical (unpaired) electrons. The van der Waals surface area contributed by atoms with Crippen molar-refractivity contribution in [1.29, 1.82) is 0 Å². The maximum Gasteiger partial charge on any atom is 0.268 e. The van der Waals surface area contributed by atoms with Gasteiger partial charge in [-0.25, -0.2) is 9.97 Å². The molecule has 1 N–H and O–H groups in total. The van der Waals surface area contributed by atoms with Crippen molar-refractivity contribution < 1.29 is 4.79 Å². The highest BCUT2D eigenvalue weighted by molar-refractivity contribution is 7.12. The van der Waals surface area contributed by atoms with Gasteiger partial charge in [0, 0.05) is 17.4 Å². The van der Waals surface area contributed by atoms with Crippen LogP contribution in [0.5, 0.6) is 0 Å². The third-order valence-corrected chi connectivity index (χ3v) is 3.84. The number of carbonyl (C=O) groups excluding carboxylic acids is 1. The van der Waals surface area contributed by atoms with E-state index in [1.165, 1.54) is 11.3 Å². The normalized spacial score (nSPS) is 10.3. The molecule has 0 saturated heterocycles. The number of thiazole rings is 1. The smallest absolute Gasteiger partial charge is 0.268 e. The summed E-state index contributed by atoms with van der Waals surface area (Å²) in [6.45, 7) is 0. The standard InChI is InChI=1S/C15H10ClN3OS/c16-12-8-11(6-7-17-12)19-15(20)14-13(18-9-21-14)10-4-2-1-3-5-10/h1-9H,(H,17,19,20). The van der Waals surface area contributed by atoms with Crippen LogP contribution in [0.1, 0.15) is 9.67 Å². The third kappa shape index (κ3) is 3.09. The van der Waals surface area contributed by atoms with E-state index in [0.29, 0.717) is 21.4 Å². The Kier molecular flexibility index (Phi) is 3.94. The van der Waals surface area contributed by atoms with Gasteiger partial charge in [-0.1, -0.05) is 41.9 Å². The first kappa shape index (κ1) is 13.7. The van der Waals surface area contributed by atoms with Crippen molar-refractivity contribution in [2.45, 2.75) is 0 Å². The van der Waals surface area contributed by atoms with Crippen molar-refractivity contribution in [2.75, 3.05) is 5.32 Å². The molecule has 2 heterocycles. The number of hydrogen-bond donors (Lipinski definition) is 1. The second-order valence-electron chi connectivity index (χ2n) is 4.22. The fraction of sp³-hybridized carbons (Fsp3) is 0. The molecular weight excluding hydrogens is 306 g/mol. The van der Waals surface area contributed by atoms with E-state index in [1.807, 2.05) is 30.3 Å². The number of aromatic nitrogens is 2. The van der Waals surface area contributed by atoms with Crippen LogP contribution in [0.15, 0.2) is 54.2 Å². The molecule has 0 aliphatic rings. The Hall–Kier alpha value is -2.24. The van der Waals surface area contributed by atoms with Crippen molar-refractivity contribution in [1.82, 2.24) is 9.97 Å². The average molecular weight is 316 g/mol.